The number of halogens is 1. The lowest BCUT2D eigenvalue weighted by Crippen LogP contribution is -2.29. The van der Waals surface area contributed by atoms with Crippen molar-refractivity contribution in [1.29, 1.82) is 0 Å². The van der Waals surface area contributed by atoms with Crippen LogP contribution in [-0.4, -0.2) is 33.0 Å². The highest BCUT2D eigenvalue weighted by molar-refractivity contribution is 9.10. The zero-order chi connectivity index (χ0) is 18.1. The Bertz CT molecular complexity index is 848. The Morgan fingerprint density at radius 1 is 0.960 bits per heavy atom. The minimum absolute atomic E-state index is 0.197. The third-order valence-corrected chi connectivity index (χ3v) is 4.55. The summed E-state index contributed by atoms with van der Waals surface area (Å²) in [5.74, 6) is -0.346. The summed E-state index contributed by atoms with van der Waals surface area (Å²) >= 11 is 3.38. The number of ether oxygens (including phenoxy) is 3. The van der Waals surface area contributed by atoms with Crippen molar-refractivity contribution < 1.29 is 23.8 Å². The fraction of sp³-hybridized carbons (Fsp3) is 0.222. The van der Waals surface area contributed by atoms with E-state index in [1.807, 2.05) is 24.3 Å². The van der Waals surface area contributed by atoms with Crippen molar-refractivity contribution in [3.05, 3.63) is 45.9 Å². The maximum atomic E-state index is 12.5. The van der Waals surface area contributed by atoms with E-state index in [9.17, 15) is 9.59 Å². The highest BCUT2D eigenvalue weighted by Gasteiger charge is 2.41. The summed E-state index contributed by atoms with van der Waals surface area (Å²) < 4.78 is 16.9. The number of anilines is 1. The fourth-order valence-corrected chi connectivity index (χ4v) is 3.11. The van der Waals surface area contributed by atoms with Crippen molar-refractivity contribution in [3.63, 3.8) is 0 Å². The first-order valence-corrected chi connectivity index (χ1v) is 8.24. The first-order chi connectivity index (χ1) is 12.0. The zero-order valence-electron chi connectivity index (χ0n) is 14.0. The van der Waals surface area contributed by atoms with Gasteiger partial charge in [-0.15, -0.1) is 0 Å². The topological polar surface area (TPSA) is 65.1 Å². The van der Waals surface area contributed by atoms with Gasteiger partial charge in [-0.1, -0.05) is 28.1 Å². The van der Waals surface area contributed by atoms with E-state index in [4.69, 9.17) is 14.2 Å². The van der Waals surface area contributed by atoms with Crippen LogP contribution < -0.4 is 19.1 Å². The molecule has 0 unspecified atom stereocenters. The molecular formula is C18H16BrNO5. The second-order valence-electron chi connectivity index (χ2n) is 5.39. The van der Waals surface area contributed by atoms with Gasteiger partial charge < -0.3 is 19.1 Å². The molecule has 1 aliphatic rings. The van der Waals surface area contributed by atoms with Crippen molar-refractivity contribution >= 4 is 33.3 Å². The first-order valence-electron chi connectivity index (χ1n) is 7.45. The lowest BCUT2D eigenvalue weighted by Gasteiger charge is -2.19. The van der Waals surface area contributed by atoms with Gasteiger partial charge in [0.1, 0.15) is 0 Å². The molecular weight excluding hydrogens is 390 g/mol. The number of hydrogen-bond donors (Lipinski definition) is 0. The van der Waals surface area contributed by atoms with Crippen LogP contribution in [0.2, 0.25) is 0 Å². The van der Waals surface area contributed by atoms with Crippen molar-refractivity contribution in [2.75, 3.05) is 26.2 Å². The predicted molar refractivity (Wildman–Crippen MR) is 95.8 cm³/mol. The number of hydrogen-bond acceptors (Lipinski definition) is 5. The van der Waals surface area contributed by atoms with Crippen molar-refractivity contribution in [2.45, 2.75) is 6.54 Å². The van der Waals surface area contributed by atoms with Crippen LogP contribution in [0.4, 0.5) is 5.69 Å². The quantitative estimate of drug-likeness (QED) is 0.714. The maximum Gasteiger partial charge on any atom is 0.299 e. The Morgan fingerprint density at radius 3 is 2.16 bits per heavy atom. The average molecular weight is 406 g/mol. The Kier molecular flexibility index (Phi) is 4.67. The number of nitrogens with zero attached hydrogens (tertiary/aromatic N) is 1. The van der Waals surface area contributed by atoms with Crippen LogP contribution >= 0.6 is 15.9 Å². The molecule has 130 valence electrons. The molecule has 0 aromatic heterocycles. The van der Waals surface area contributed by atoms with E-state index in [2.05, 4.69) is 15.9 Å². The van der Waals surface area contributed by atoms with E-state index in [0.29, 0.717) is 11.4 Å². The van der Waals surface area contributed by atoms with Gasteiger partial charge in [0, 0.05) is 10.5 Å². The third kappa shape index (κ3) is 2.84. The summed E-state index contributed by atoms with van der Waals surface area (Å²) in [6.45, 7) is 0.267. The van der Waals surface area contributed by atoms with Crippen LogP contribution in [-0.2, 0) is 11.3 Å². The van der Waals surface area contributed by atoms with Gasteiger partial charge in [0.2, 0.25) is 5.75 Å². The van der Waals surface area contributed by atoms with Gasteiger partial charge in [-0.3, -0.25) is 9.59 Å². The van der Waals surface area contributed by atoms with Crippen molar-refractivity contribution in [3.8, 4) is 17.2 Å². The number of benzene rings is 2. The minimum Gasteiger partial charge on any atom is -0.493 e. The van der Waals surface area contributed by atoms with Crippen LogP contribution in [0.25, 0.3) is 0 Å². The zero-order valence-corrected chi connectivity index (χ0v) is 15.5. The van der Waals surface area contributed by atoms with E-state index in [-0.39, 0.29) is 23.6 Å². The number of methoxy groups -OCH3 is 3. The molecule has 6 nitrogen and oxygen atoms in total. The molecule has 0 bridgehead atoms. The van der Waals surface area contributed by atoms with Crippen molar-refractivity contribution in [1.82, 2.24) is 0 Å². The Labute approximate surface area is 153 Å². The van der Waals surface area contributed by atoms with Gasteiger partial charge in [0.15, 0.2) is 11.5 Å². The smallest absolute Gasteiger partial charge is 0.299 e. The third-order valence-electron chi connectivity index (χ3n) is 4.02. The molecule has 2 aromatic rings. The summed E-state index contributed by atoms with van der Waals surface area (Å²) in [4.78, 5) is 26.5. The second-order valence-corrected chi connectivity index (χ2v) is 6.30. The number of ketones is 1. The minimum atomic E-state index is -0.620. The van der Waals surface area contributed by atoms with E-state index in [0.717, 1.165) is 10.0 Å². The molecule has 0 saturated heterocycles. The molecule has 3 rings (SSSR count). The lowest BCUT2D eigenvalue weighted by atomic mass is 10.1. The molecule has 0 saturated carbocycles. The number of carbonyl (C=O) groups is 2. The predicted octanol–water partition coefficient (Wildman–Crippen LogP) is 3.20. The summed E-state index contributed by atoms with van der Waals surface area (Å²) in [6, 6.07) is 9.16. The molecule has 0 spiro atoms. The van der Waals surface area contributed by atoms with Crippen molar-refractivity contribution in [2.24, 2.45) is 0 Å². The molecule has 0 atom stereocenters. The largest absolute Gasteiger partial charge is 0.493 e. The van der Waals surface area contributed by atoms with Crippen LogP contribution in [0, 0.1) is 0 Å². The number of carbonyl (C=O) groups excluding carboxylic acids is 2. The Morgan fingerprint density at radius 2 is 1.60 bits per heavy atom. The van der Waals surface area contributed by atoms with Gasteiger partial charge in [-0.2, -0.15) is 0 Å². The number of fused-ring (bicyclic) bond motifs is 1. The highest BCUT2D eigenvalue weighted by atomic mass is 79.9. The molecule has 7 heteroatoms. The normalized spacial score (nSPS) is 13.0. The number of rotatable bonds is 5. The van der Waals surface area contributed by atoms with Gasteiger partial charge >= 0.3 is 0 Å². The lowest BCUT2D eigenvalue weighted by molar-refractivity contribution is -0.114. The fourth-order valence-electron chi connectivity index (χ4n) is 2.84. The average Bonchev–Trinajstić information content (AvgIpc) is 2.86. The Hall–Kier alpha value is -2.54. The molecule has 0 aliphatic carbocycles. The monoisotopic (exact) mass is 405 g/mol. The van der Waals surface area contributed by atoms with E-state index < -0.39 is 11.7 Å². The molecule has 1 heterocycles. The second kappa shape index (κ2) is 6.76. The molecule has 2 aromatic carbocycles. The first kappa shape index (κ1) is 17.3. The molecule has 0 radical (unpaired) electrons. The summed E-state index contributed by atoms with van der Waals surface area (Å²) in [6.07, 6.45) is 0. The molecule has 1 amide bonds. The highest BCUT2D eigenvalue weighted by Crippen LogP contribution is 2.48. The SMILES string of the molecule is COc1cc2c(c(OC)c1OC)C(=O)C(=O)N2Cc1ccc(Br)cc1. The van der Waals surface area contributed by atoms with Crippen LogP contribution in [0.15, 0.2) is 34.8 Å². The molecule has 0 N–H and O–H groups in total. The molecule has 1 aliphatic heterocycles. The summed E-state index contributed by atoms with van der Waals surface area (Å²) in [5, 5.41) is 0. The van der Waals surface area contributed by atoms with Crippen LogP contribution in [0.3, 0.4) is 0 Å². The summed E-state index contributed by atoms with van der Waals surface area (Å²) in [7, 11) is 4.36. The van der Waals surface area contributed by atoms with E-state index in [1.54, 1.807) is 6.07 Å². The number of Topliss-reactive ketones (excluding diaryl/α,β-unsaturated/α-hetero) is 1. The standard InChI is InChI=1S/C18H16BrNO5/c1-23-13-8-12-14(17(25-3)16(13)24-2)15(21)18(22)20(12)9-10-4-6-11(19)7-5-10/h4-8H,9H2,1-3H3. The Balaban J connectivity index is 2.12. The molecule has 0 fully saturated rings. The summed E-state index contributed by atoms with van der Waals surface area (Å²) in [5.41, 5.74) is 1.54. The van der Waals surface area contributed by atoms with E-state index >= 15 is 0 Å². The van der Waals surface area contributed by atoms with Crippen LogP contribution in [0.1, 0.15) is 15.9 Å². The number of amides is 1. The van der Waals surface area contributed by atoms with Gasteiger partial charge in [0.05, 0.1) is 39.1 Å². The van der Waals surface area contributed by atoms with Gasteiger partial charge in [-0.25, -0.2) is 0 Å². The van der Waals surface area contributed by atoms with Crippen LogP contribution in [0.5, 0.6) is 17.2 Å². The molecule has 25 heavy (non-hydrogen) atoms. The van der Waals surface area contributed by atoms with Gasteiger partial charge in [0.25, 0.3) is 11.7 Å². The van der Waals surface area contributed by atoms with Gasteiger partial charge in [-0.05, 0) is 17.7 Å². The van der Waals surface area contributed by atoms with E-state index in [1.165, 1.54) is 26.2 Å². The maximum absolute atomic E-state index is 12.5.